The Labute approximate surface area is 338 Å². The van der Waals surface area contributed by atoms with Crippen LogP contribution < -0.4 is 4.90 Å². The van der Waals surface area contributed by atoms with Crippen molar-refractivity contribution in [1.82, 2.24) is 4.98 Å². The molecule has 3 heteroatoms. The van der Waals surface area contributed by atoms with Gasteiger partial charge in [0, 0.05) is 39.7 Å². The van der Waals surface area contributed by atoms with Crippen LogP contribution in [0.15, 0.2) is 175 Å². The lowest BCUT2D eigenvalue weighted by molar-refractivity contribution is -0.0399. The van der Waals surface area contributed by atoms with Crippen molar-refractivity contribution in [2.75, 3.05) is 4.90 Å². The zero-order chi connectivity index (χ0) is 38.0. The van der Waals surface area contributed by atoms with E-state index in [0.29, 0.717) is 0 Å². The number of benzene rings is 7. The Balaban J connectivity index is 0.988. The van der Waals surface area contributed by atoms with Crippen LogP contribution in [-0.2, 0) is 5.41 Å². The second-order valence-electron chi connectivity index (χ2n) is 17.5. The van der Waals surface area contributed by atoms with Crippen molar-refractivity contribution in [3.05, 3.63) is 181 Å². The molecule has 0 radical (unpaired) electrons. The molecule has 4 fully saturated rings. The number of pyridine rings is 1. The Kier molecular flexibility index (Phi) is 6.90. The molecule has 5 aliphatic carbocycles. The van der Waals surface area contributed by atoms with E-state index < -0.39 is 0 Å². The Morgan fingerprint density at radius 1 is 0.466 bits per heavy atom. The minimum absolute atomic E-state index is 0.176. The molecule has 0 saturated heterocycles. The summed E-state index contributed by atoms with van der Waals surface area (Å²) in [5.74, 6) is 3.40. The molecule has 5 aliphatic rings. The normalized spacial score (nSPS) is 22.6. The van der Waals surface area contributed by atoms with Gasteiger partial charge in [-0.1, -0.05) is 109 Å². The molecule has 278 valence electrons. The molecule has 7 aromatic carbocycles. The average molecular weight is 747 g/mol. The molecule has 2 heterocycles. The summed E-state index contributed by atoms with van der Waals surface area (Å²) in [7, 11) is 0. The van der Waals surface area contributed by atoms with Crippen LogP contribution in [0, 0.1) is 23.7 Å². The van der Waals surface area contributed by atoms with Gasteiger partial charge in [0.05, 0.1) is 11.4 Å². The highest BCUT2D eigenvalue weighted by molar-refractivity contribution is 6.12. The van der Waals surface area contributed by atoms with Gasteiger partial charge >= 0.3 is 0 Å². The van der Waals surface area contributed by atoms with Gasteiger partial charge < -0.3 is 9.32 Å². The van der Waals surface area contributed by atoms with Crippen molar-refractivity contribution in [1.29, 1.82) is 0 Å². The molecular weight excluding hydrogens is 705 g/mol. The second kappa shape index (κ2) is 12.3. The molecular formula is C55H42N2O. The monoisotopic (exact) mass is 746 g/mol. The minimum Gasteiger partial charge on any atom is -0.454 e. The summed E-state index contributed by atoms with van der Waals surface area (Å²) in [6.07, 6.45) is 10.8. The average Bonchev–Trinajstić information content (AvgIpc) is 3.80. The minimum atomic E-state index is 0.176. The van der Waals surface area contributed by atoms with Crippen LogP contribution in [0.25, 0.3) is 66.1 Å². The number of hydrogen-bond donors (Lipinski definition) is 0. The zero-order valence-corrected chi connectivity index (χ0v) is 32.3. The molecule has 3 nitrogen and oxygen atoms in total. The van der Waals surface area contributed by atoms with E-state index in [1.165, 1.54) is 65.1 Å². The molecule has 0 amide bonds. The Morgan fingerprint density at radius 3 is 1.91 bits per heavy atom. The summed E-state index contributed by atoms with van der Waals surface area (Å²) in [5.41, 5.74) is 16.1. The van der Waals surface area contributed by atoms with E-state index in [1.807, 2.05) is 18.5 Å². The van der Waals surface area contributed by atoms with E-state index in [2.05, 4.69) is 162 Å². The molecule has 0 N–H and O–H groups in total. The summed E-state index contributed by atoms with van der Waals surface area (Å²) in [5, 5.41) is 4.68. The van der Waals surface area contributed by atoms with Gasteiger partial charge in [-0.2, -0.15) is 0 Å². The molecule has 14 rings (SSSR count). The van der Waals surface area contributed by atoms with Gasteiger partial charge in [0.1, 0.15) is 5.58 Å². The van der Waals surface area contributed by atoms with Crippen LogP contribution >= 0.6 is 0 Å². The molecule has 9 aromatic rings. The molecule has 1 spiro atoms. The molecule has 0 unspecified atom stereocenters. The van der Waals surface area contributed by atoms with Crippen LogP contribution in [0.1, 0.15) is 43.2 Å². The number of anilines is 3. The molecule has 0 aliphatic heterocycles. The van der Waals surface area contributed by atoms with E-state index in [4.69, 9.17) is 4.42 Å². The number of aromatic nitrogens is 1. The largest absolute Gasteiger partial charge is 0.454 e. The Morgan fingerprint density at radius 2 is 1.09 bits per heavy atom. The third-order valence-electron chi connectivity index (χ3n) is 14.8. The van der Waals surface area contributed by atoms with Crippen LogP contribution in [0.3, 0.4) is 0 Å². The van der Waals surface area contributed by atoms with Crippen LogP contribution in [0.2, 0.25) is 0 Å². The van der Waals surface area contributed by atoms with Gasteiger partial charge in [0.15, 0.2) is 5.58 Å². The molecule has 4 saturated carbocycles. The van der Waals surface area contributed by atoms with Gasteiger partial charge in [0.25, 0.3) is 0 Å². The van der Waals surface area contributed by atoms with Gasteiger partial charge in [-0.3, -0.25) is 4.98 Å². The lowest BCUT2D eigenvalue weighted by Gasteiger charge is -2.61. The van der Waals surface area contributed by atoms with Gasteiger partial charge in [-0.05, 0) is 154 Å². The fourth-order valence-corrected chi connectivity index (χ4v) is 12.7. The second-order valence-corrected chi connectivity index (χ2v) is 17.5. The lowest BCUT2D eigenvalue weighted by atomic mass is 9.43. The van der Waals surface area contributed by atoms with Gasteiger partial charge in [0.2, 0.25) is 0 Å². The number of rotatable bonds is 5. The van der Waals surface area contributed by atoms with Crippen molar-refractivity contribution < 1.29 is 4.42 Å². The summed E-state index contributed by atoms with van der Waals surface area (Å²) in [6, 6.07) is 58.6. The fraction of sp³-hybridized carbons (Fsp3) is 0.182. The summed E-state index contributed by atoms with van der Waals surface area (Å²) < 4.78 is 6.71. The van der Waals surface area contributed by atoms with Gasteiger partial charge in [-0.15, -0.1) is 0 Å². The smallest absolute Gasteiger partial charge is 0.159 e. The highest BCUT2D eigenvalue weighted by Crippen LogP contribution is 2.69. The molecule has 0 atom stereocenters. The first-order valence-electron chi connectivity index (χ1n) is 21.2. The van der Waals surface area contributed by atoms with Gasteiger partial charge in [-0.25, -0.2) is 0 Å². The molecule has 2 aromatic heterocycles. The first kappa shape index (κ1) is 32.6. The van der Waals surface area contributed by atoms with E-state index in [1.54, 1.807) is 11.1 Å². The van der Waals surface area contributed by atoms with Crippen LogP contribution in [0.5, 0.6) is 0 Å². The fourth-order valence-electron chi connectivity index (χ4n) is 12.7. The van der Waals surface area contributed by atoms with E-state index in [9.17, 15) is 0 Å². The zero-order valence-electron chi connectivity index (χ0n) is 32.3. The highest BCUT2D eigenvalue weighted by Gasteiger charge is 2.61. The number of furan rings is 1. The number of para-hydroxylation sites is 2. The maximum atomic E-state index is 6.71. The van der Waals surface area contributed by atoms with Crippen LogP contribution in [-0.4, -0.2) is 4.98 Å². The predicted octanol–water partition coefficient (Wildman–Crippen LogP) is 14.7. The maximum absolute atomic E-state index is 6.71. The third-order valence-corrected chi connectivity index (χ3v) is 14.8. The summed E-state index contributed by atoms with van der Waals surface area (Å²) >= 11 is 0. The van der Waals surface area contributed by atoms with Crippen molar-refractivity contribution in [3.63, 3.8) is 0 Å². The van der Waals surface area contributed by atoms with E-state index in [0.717, 1.165) is 73.8 Å². The van der Waals surface area contributed by atoms with Crippen molar-refractivity contribution in [3.8, 4) is 33.4 Å². The van der Waals surface area contributed by atoms with Crippen molar-refractivity contribution in [2.45, 2.75) is 37.5 Å². The van der Waals surface area contributed by atoms with E-state index >= 15 is 0 Å². The standard InChI is InChI=1S/C55H42N2O/c1-3-14-49-44(8-1)48-33-38(20-23-50(48)55(49)39-29-34-28-35(31-39)32-40(55)30-34)42-10-5-12-45-43(42)11-6-15-51(45)57(41-21-18-36(19-22-41)37-24-26-56-27-25-37)52-16-7-13-47-46-9-2-4-17-53(46)58-54(47)52/h1-27,33-35,39-40H,28-32H2. The summed E-state index contributed by atoms with van der Waals surface area (Å²) in [4.78, 5) is 6.64. The highest BCUT2D eigenvalue weighted by atomic mass is 16.3. The quantitative estimate of drug-likeness (QED) is 0.176. The lowest BCUT2D eigenvalue weighted by Crippen LogP contribution is -2.55. The predicted molar refractivity (Wildman–Crippen MR) is 238 cm³/mol. The topological polar surface area (TPSA) is 29.3 Å². The molecule has 58 heavy (non-hydrogen) atoms. The first-order valence-corrected chi connectivity index (χ1v) is 21.2. The first-order chi connectivity index (χ1) is 28.7. The number of nitrogens with zero attached hydrogens (tertiary/aromatic N) is 2. The Bertz CT molecular complexity index is 3060. The van der Waals surface area contributed by atoms with Crippen molar-refractivity contribution in [2.24, 2.45) is 23.7 Å². The van der Waals surface area contributed by atoms with Crippen molar-refractivity contribution >= 4 is 49.8 Å². The number of fused-ring (bicyclic) bond motifs is 7. The third kappa shape index (κ3) is 4.53. The SMILES string of the molecule is c1ccc2c(c1)-c1cc(-c3cccc4c(N(c5ccc(-c6ccncc6)cc5)c5cccc6c5oc5ccccc56)cccc34)ccc1C21C2CC3CC(C2)CC1C3. The number of hydrogen-bond acceptors (Lipinski definition) is 3. The van der Waals surface area contributed by atoms with Crippen LogP contribution in [0.4, 0.5) is 17.1 Å². The summed E-state index contributed by atoms with van der Waals surface area (Å²) in [6.45, 7) is 0. The van der Waals surface area contributed by atoms with E-state index in [-0.39, 0.29) is 5.41 Å². The maximum Gasteiger partial charge on any atom is 0.159 e. The Hall–Kier alpha value is -6.45. The molecule has 4 bridgehead atoms.